The van der Waals surface area contributed by atoms with Gasteiger partial charge in [-0.05, 0) is 63.4 Å². The summed E-state index contributed by atoms with van der Waals surface area (Å²) in [7, 11) is 3.57. The number of amides is 1. The van der Waals surface area contributed by atoms with Gasteiger partial charge in [-0.15, -0.1) is 24.0 Å². The van der Waals surface area contributed by atoms with Crippen molar-refractivity contribution in [1.82, 2.24) is 20.4 Å². The summed E-state index contributed by atoms with van der Waals surface area (Å²) < 4.78 is 0. The van der Waals surface area contributed by atoms with E-state index in [0.29, 0.717) is 6.04 Å². The van der Waals surface area contributed by atoms with E-state index in [1.165, 1.54) is 45.2 Å². The Kier molecular flexibility index (Phi) is 13.8. The zero-order chi connectivity index (χ0) is 21.8. The highest BCUT2D eigenvalue weighted by Crippen LogP contribution is 2.18. The normalized spacial score (nSPS) is 17.0. The number of rotatable bonds is 10. The number of aliphatic imine (C=N–C) groups is 1. The van der Waals surface area contributed by atoms with Gasteiger partial charge in [0.05, 0.1) is 6.54 Å². The molecule has 1 aliphatic heterocycles. The summed E-state index contributed by atoms with van der Waals surface area (Å²) in [5.74, 6) is 0.929. The van der Waals surface area contributed by atoms with Crippen LogP contribution in [0.5, 0.6) is 0 Å². The van der Waals surface area contributed by atoms with Crippen LogP contribution in [0.3, 0.4) is 0 Å². The molecule has 176 valence electrons. The molecule has 1 saturated heterocycles. The fraction of sp³-hybridized carbons (Fsp3) is 0.667. The molecule has 0 radical (unpaired) electrons. The topological polar surface area (TPSA) is 60.0 Å². The van der Waals surface area contributed by atoms with Crippen LogP contribution >= 0.6 is 24.0 Å². The molecule has 1 aliphatic rings. The molecule has 0 spiro atoms. The van der Waals surface area contributed by atoms with Gasteiger partial charge < -0.3 is 15.5 Å². The van der Waals surface area contributed by atoms with E-state index in [1.54, 1.807) is 19.0 Å². The number of guanidine groups is 1. The predicted octanol–water partition coefficient (Wildman–Crippen LogP) is 3.76. The van der Waals surface area contributed by atoms with E-state index in [1.807, 2.05) is 18.2 Å². The molecule has 1 atom stereocenters. The van der Waals surface area contributed by atoms with Gasteiger partial charge in [0.2, 0.25) is 0 Å². The maximum atomic E-state index is 12.2. The summed E-state index contributed by atoms with van der Waals surface area (Å²) in [5, 5.41) is 6.83. The number of piperidine rings is 1. The van der Waals surface area contributed by atoms with Crippen molar-refractivity contribution in [3.05, 3.63) is 35.4 Å². The highest BCUT2D eigenvalue weighted by atomic mass is 127. The molecule has 2 rings (SSSR count). The summed E-state index contributed by atoms with van der Waals surface area (Å²) in [6.07, 6.45) is 7.25. The van der Waals surface area contributed by atoms with E-state index in [-0.39, 0.29) is 29.9 Å². The van der Waals surface area contributed by atoms with Gasteiger partial charge in [0.15, 0.2) is 5.96 Å². The largest absolute Gasteiger partial charge is 0.357 e. The number of nitrogens with one attached hydrogen (secondary N) is 2. The van der Waals surface area contributed by atoms with Crippen molar-refractivity contribution in [3.8, 4) is 0 Å². The number of likely N-dealkylation sites (tertiary alicyclic amines) is 1. The number of nitrogens with zero attached hydrogens (tertiary/aromatic N) is 3. The van der Waals surface area contributed by atoms with E-state index >= 15 is 0 Å². The van der Waals surface area contributed by atoms with Crippen LogP contribution in [0.15, 0.2) is 29.3 Å². The fourth-order valence-corrected chi connectivity index (χ4v) is 3.90. The minimum Gasteiger partial charge on any atom is -0.357 e. The van der Waals surface area contributed by atoms with Crippen molar-refractivity contribution in [1.29, 1.82) is 0 Å². The minimum atomic E-state index is 0. The summed E-state index contributed by atoms with van der Waals surface area (Å²) in [6.45, 7) is 9.26. The highest BCUT2D eigenvalue weighted by molar-refractivity contribution is 14.0. The van der Waals surface area contributed by atoms with E-state index in [9.17, 15) is 4.79 Å². The van der Waals surface area contributed by atoms with Crippen molar-refractivity contribution >= 4 is 35.8 Å². The number of carbonyl (C=O) groups is 1. The Bertz CT molecular complexity index is 680. The lowest BCUT2D eigenvalue weighted by Gasteiger charge is -2.35. The Balaban J connectivity index is 0.00000480. The second-order valence-corrected chi connectivity index (χ2v) is 8.34. The third-order valence-corrected chi connectivity index (χ3v) is 5.64. The van der Waals surface area contributed by atoms with Crippen LogP contribution in [0.1, 0.15) is 61.9 Å². The van der Waals surface area contributed by atoms with E-state index in [4.69, 9.17) is 4.99 Å². The summed E-state index contributed by atoms with van der Waals surface area (Å²) in [6, 6.07) is 8.46. The first-order chi connectivity index (χ1) is 14.5. The van der Waals surface area contributed by atoms with E-state index in [0.717, 1.165) is 43.1 Å². The lowest BCUT2D eigenvalue weighted by Crippen LogP contribution is -2.44. The average Bonchev–Trinajstić information content (AvgIpc) is 2.76. The van der Waals surface area contributed by atoms with Crippen LogP contribution in [-0.2, 0) is 6.42 Å². The molecular formula is C24H42IN5O. The van der Waals surface area contributed by atoms with E-state index < -0.39 is 0 Å². The number of halogens is 1. The van der Waals surface area contributed by atoms with Crippen LogP contribution in [0.4, 0.5) is 0 Å². The quantitative estimate of drug-likeness (QED) is 0.268. The van der Waals surface area contributed by atoms with Crippen LogP contribution in [-0.4, -0.2) is 74.5 Å². The third kappa shape index (κ3) is 9.76. The molecule has 1 aromatic rings. The maximum absolute atomic E-state index is 12.2. The second kappa shape index (κ2) is 15.5. The first-order valence-corrected chi connectivity index (χ1v) is 11.6. The van der Waals surface area contributed by atoms with Gasteiger partial charge in [-0.1, -0.05) is 31.9 Å². The Morgan fingerprint density at radius 1 is 1.23 bits per heavy atom. The number of benzene rings is 1. The molecule has 1 unspecified atom stereocenters. The lowest BCUT2D eigenvalue weighted by atomic mass is 10.0. The van der Waals surface area contributed by atoms with E-state index in [2.05, 4.69) is 35.4 Å². The molecule has 7 heteroatoms. The average molecular weight is 544 g/mol. The molecule has 0 aliphatic carbocycles. The smallest absolute Gasteiger partial charge is 0.253 e. The van der Waals surface area contributed by atoms with Crippen molar-refractivity contribution < 1.29 is 4.79 Å². The van der Waals surface area contributed by atoms with Gasteiger partial charge in [-0.25, -0.2) is 0 Å². The minimum absolute atomic E-state index is 0. The molecule has 0 saturated carbocycles. The second-order valence-electron chi connectivity index (χ2n) is 8.34. The first-order valence-electron chi connectivity index (χ1n) is 11.6. The van der Waals surface area contributed by atoms with Gasteiger partial charge in [-0.3, -0.25) is 14.7 Å². The third-order valence-electron chi connectivity index (χ3n) is 5.64. The molecule has 31 heavy (non-hydrogen) atoms. The maximum Gasteiger partial charge on any atom is 0.253 e. The Labute approximate surface area is 206 Å². The predicted molar refractivity (Wildman–Crippen MR) is 142 cm³/mol. The highest BCUT2D eigenvalue weighted by Gasteiger charge is 2.21. The molecule has 6 nitrogen and oxygen atoms in total. The molecule has 1 heterocycles. The molecule has 1 amide bonds. The molecule has 2 N–H and O–H groups in total. The first kappa shape index (κ1) is 27.7. The van der Waals surface area contributed by atoms with Gasteiger partial charge >= 0.3 is 0 Å². The monoisotopic (exact) mass is 543 g/mol. The van der Waals surface area contributed by atoms with Crippen molar-refractivity contribution in [3.63, 3.8) is 0 Å². The molecule has 0 bridgehead atoms. The number of unbranched alkanes of at least 4 members (excludes halogenated alkanes) is 1. The zero-order valence-corrected chi connectivity index (χ0v) is 22.2. The fourth-order valence-electron chi connectivity index (χ4n) is 3.90. The van der Waals surface area contributed by atoms with Crippen LogP contribution in [0, 0.1) is 0 Å². The molecular weight excluding hydrogens is 501 g/mol. The molecule has 1 fully saturated rings. The zero-order valence-electron chi connectivity index (χ0n) is 19.8. The summed E-state index contributed by atoms with van der Waals surface area (Å²) >= 11 is 0. The van der Waals surface area contributed by atoms with Crippen LogP contribution < -0.4 is 10.6 Å². The standard InChI is InChI=1S/C24H41N5O.HI/c1-5-7-16-29-17-9-8-13-22(29)19-27-24(25-6-2)26-15-14-20-11-10-12-21(18-20)23(30)28(3)4;/h10-12,18,22H,5-9,13-17,19H2,1-4H3,(H2,25,26,27);1H. The van der Waals surface area contributed by atoms with Gasteiger partial charge in [-0.2, -0.15) is 0 Å². The van der Waals surface area contributed by atoms with Crippen molar-refractivity contribution in [2.75, 3.05) is 46.8 Å². The Morgan fingerprint density at radius 2 is 2.03 bits per heavy atom. The van der Waals surface area contributed by atoms with Crippen molar-refractivity contribution in [2.24, 2.45) is 4.99 Å². The SMILES string of the molecule is CCCCN1CCCCC1CN=C(NCC)NCCc1cccc(C(=O)N(C)C)c1.I. The van der Waals surface area contributed by atoms with Crippen LogP contribution in [0.25, 0.3) is 0 Å². The summed E-state index contributed by atoms with van der Waals surface area (Å²) in [5.41, 5.74) is 1.90. The molecule has 0 aromatic heterocycles. The summed E-state index contributed by atoms with van der Waals surface area (Å²) in [4.78, 5) is 21.3. The Morgan fingerprint density at radius 3 is 2.74 bits per heavy atom. The van der Waals surface area contributed by atoms with Gasteiger partial charge in [0.25, 0.3) is 5.91 Å². The lowest BCUT2D eigenvalue weighted by molar-refractivity contribution is 0.0827. The molecule has 1 aromatic carbocycles. The van der Waals surface area contributed by atoms with Gasteiger partial charge in [0, 0.05) is 38.8 Å². The van der Waals surface area contributed by atoms with Crippen LogP contribution in [0.2, 0.25) is 0 Å². The van der Waals surface area contributed by atoms with Gasteiger partial charge in [0.1, 0.15) is 0 Å². The Hall–Kier alpha value is -1.35. The number of carbonyl (C=O) groups excluding carboxylic acids is 1. The van der Waals surface area contributed by atoms with Crippen molar-refractivity contribution in [2.45, 2.75) is 58.4 Å². The number of hydrogen-bond donors (Lipinski definition) is 2. The number of hydrogen-bond acceptors (Lipinski definition) is 3.